The second-order valence-corrected chi connectivity index (χ2v) is 5.63. The van der Waals surface area contributed by atoms with Crippen LogP contribution in [0.3, 0.4) is 0 Å². The van der Waals surface area contributed by atoms with Crippen LogP contribution in [-0.4, -0.2) is 25.2 Å². The topological polar surface area (TPSA) is 52.6 Å². The van der Waals surface area contributed by atoms with Gasteiger partial charge in [-0.1, -0.05) is 28.1 Å². The van der Waals surface area contributed by atoms with E-state index in [2.05, 4.69) is 15.9 Å². The van der Waals surface area contributed by atoms with Crippen LogP contribution in [0, 0.1) is 5.92 Å². The monoisotopic (exact) mass is 340 g/mol. The molecule has 0 saturated heterocycles. The fourth-order valence-electron chi connectivity index (χ4n) is 2.48. The molecule has 0 spiro atoms. The lowest BCUT2D eigenvalue weighted by atomic mass is 9.93. The summed E-state index contributed by atoms with van der Waals surface area (Å²) in [6.07, 6.45) is 0.446. The summed E-state index contributed by atoms with van der Waals surface area (Å²) in [5, 5.41) is 0. The van der Waals surface area contributed by atoms with Crippen molar-refractivity contribution in [2.24, 2.45) is 5.92 Å². The molecule has 1 aliphatic rings. The predicted octanol–water partition coefficient (Wildman–Crippen LogP) is 2.83. The molecule has 0 aromatic heterocycles. The number of carbonyl (C=O) groups excluding carboxylic acids is 2. The quantitative estimate of drug-likeness (QED) is 0.773. The Morgan fingerprint density at radius 2 is 2.00 bits per heavy atom. The highest BCUT2D eigenvalue weighted by molar-refractivity contribution is 9.10. The first-order valence-electron chi connectivity index (χ1n) is 6.66. The van der Waals surface area contributed by atoms with E-state index in [1.165, 1.54) is 0 Å². The first-order valence-corrected chi connectivity index (χ1v) is 7.45. The van der Waals surface area contributed by atoms with E-state index in [9.17, 15) is 9.59 Å². The summed E-state index contributed by atoms with van der Waals surface area (Å²) in [6.45, 7) is 4.12. The number of esters is 2. The molecule has 0 radical (unpaired) electrons. The zero-order chi connectivity index (χ0) is 14.8. The van der Waals surface area contributed by atoms with Gasteiger partial charge in [0.15, 0.2) is 0 Å². The standard InChI is InChI=1S/C15H17BrO4/c1-3-19-13(17)12-9-15(12,14(18)20-4-2)10-6-5-7-11(16)8-10/h5-8,12H,3-4,9H2,1-2H3. The third-order valence-corrected chi connectivity index (χ3v) is 4.00. The largest absolute Gasteiger partial charge is 0.466 e. The lowest BCUT2D eigenvalue weighted by Crippen LogP contribution is -2.28. The lowest BCUT2D eigenvalue weighted by molar-refractivity contribution is -0.152. The Kier molecular flexibility index (Phi) is 4.48. The number of benzene rings is 1. The van der Waals surface area contributed by atoms with Crippen molar-refractivity contribution in [1.29, 1.82) is 0 Å². The molecule has 0 N–H and O–H groups in total. The first-order chi connectivity index (χ1) is 9.56. The molecule has 2 atom stereocenters. The Morgan fingerprint density at radius 3 is 2.60 bits per heavy atom. The number of ether oxygens (including phenoxy) is 2. The zero-order valence-electron chi connectivity index (χ0n) is 11.5. The molecule has 1 saturated carbocycles. The van der Waals surface area contributed by atoms with E-state index < -0.39 is 11.3 Å². The Morgan fingerprint density at radius 1 is 1.30 bits per heavy atom. The van der Waals surface area contributed by atoms with Crippen molar-refractivity contribution in [1.82, 2.24) is 0 Å². The van der Waals surface area contributed by atoms with Crippen molar-refractivity contribution in [3.8, 4) is 0 Å². The summed E-state index contributed by atoms with van der Waals surface area (Å²) < 4.78 is 11.1. The molecular formula is C15H17BrO4. The second-order valence-electron chi connectivity index (χ2n) is 4.71. The molecule has 108 valence electrons. The summed E-state index contributed by atoms with van der Waals surface area (Å²) in [5.74, 6) is -1.13. The van der Waals surface area contributed by atoms with Crippen molar-refractivity contribution in [2.45, 2.75) is 25.7 Å². The van der Waals surface area contributed by atoms with Gasteiger partial charge in [-0.3, -0.25) is 9.59 Å². The molecule has 4 nitrogen and oxygen atoms in total. The van der Waals surface area contributed by atoms with Crippen LogP contribution in [0.4, 0.5) is 0 Å². The summed E-state index contributed by atoms with van der Waals surface area (Å²) in [4.78, 5) is 24.3. The van der Waals surface area contributed by atoms with Gasteiger partial charge in [0.05, 0.1) is 19.1 Å². The van der Waals surface area contributed by atoms with E-state index in [0.717, 1.165) is 10.0 Å². The molecule has 2 unspecified atom stereocenters. The average molecular weight is 341 g/mol. The predicted molar refractivity (Wildman–Crippen MR) is 77.2 cm³/mol. The van der Waals surface area contributed by atoms with Gasteiger partial charge in [0.25, 0.3) is 0 Å². The van der Waals surface area contributed by atoms with Crippen molar-refractivity contribution >= 4 is 27.9 Å². The minimum Gasteiger partial charge on any atom is -0.466 e. The number of rotatable bonds is 5. The molecule has 0 heterocycles. The zero-order valence-corrected chi connectivity index (χ0v) is 13.1. The Hall–Kier alpha value is -1.36. The molecule has 0 amide bonds. The molecule has 2 rings (SSSR count). The van der Waals surface area contributed by atoms with Crippen LogP contribution in [0.25, 0.3) is 0 Å². The average Bonchev–Trinajstić information content (AvgIpc) is 3.16. The number of hydrogen-bond donors (Lipinski definition) is 0. The van der Waals surface area contributed by atoms with Crippen LogP contribution in [0.1, 0.15) is 25.8 Å². The minimum absolute atomic E-state index is 0.296. The fraction of sp³-hybridized carbons (Fsp3) is 0.467. The normalized spacial score (nSPS) is 24.1. The van der Waals surface area contributed by atoms with E-state index in [0.29, 0.717) is 19.6 Å². The van der Waals surface area contributed by atoms with Gasteiger partial charge in [0.1, 0.15) is 5.41 Å². The van der Waals surface area contributed by atoms with Crippen LogP contribution >= 0.6 is 15.9 Å². The molecule has 1 aliphatic carbocycles. The van der Waals surface area contributed by atoms with Gasteiger partial charge < -0.3 is 9.47 Å². The van der Waals surface area contributed by atoms with Crippen LogP contribution in [0.15, 0.2) is 28.7 Å². The number of hydrogen-bond acceptors (Lipinski definition) is 4. The molecule has 1 fully saturated rings. The van der Waals surface area contributed by atoms with E-state index in [-0.39, 0.29) is 11.9 Å². The summed E-state index contributed by atoms with van der Waals surface area (Å²) in [5.41, 5.74) is -0.0881. The minimum atomic E-state index is -0.883. The van der Waals surface area contributed by atoms with Gasteiger partial charge in [-0.25, -0.2) is 0 Å². The van der Waals surface area contributed by atoms with Crippen molar-refractivity contribution in [3.63, 3.8) is 0 Å². The van der Waals surface area contributed by atoms with E-state index >= 15 is 0 Å². The molecule has 0 bridgehead atoms. The van der Waals surface area contributed by atoms with Gasteiger partial charge in [-0.05, 0) is 38.0 Å². The van der Waals surface area contributed by atoms with E-state index in [1.807, 2.05) is 24.3 Å². The molecule has 0 aliphatic heterocycles. The molecule has 1 aromatic carbocycles. The second kappa shape index (κ2) is 5.95. The Balaban J connectivity index is 2.33. The first kappa shape index (κ1) is 15.0. The SMILES string of the molecule is CCOC(=O)C1CC1(C(=O)OCC)c1cccc(Br)c1. The van der Waals surface area contributed by atoms with Crippen LogP contribution in [-0.2, 0) is 24.5 Å². The van der Waals surface area contributed by atoms with Crippen LogP contribution in [0.2, 0.25) is 0 Å². The van der Waals surface area contributed by atoms with Crippen LogP contribution in [0.5, 0.6) is 0 Å². The van der Waals surface area contributed by atoms with Gasteiger partial charge in [-0.15, -0.1) is 0 Å². The van der Waals surface area contributed by atoms with Crippen molar-refractivity contribution < 1.29 is 19.1 Å². The van der Waals surface area contributed by atoms with Gasteiger partial charge >= 0.3 is 11.9 Å². The maximum atomic E-state index is 12.3. The lowest BCUT2D eigenvalue weighted by Gasteiger charge is -2.16. The summed E-state index contributed by atoms with van der Waals surface area (Å²) in [6, 6.07) is 7.43. The Bertz CT molecular complexity index is 528. The highest BCUT2D eigenvalue weighted by Gasteiger charge is 2.66. The molecule has 5 heteroatoms. The smallest absolute Gasteiger partial charge is 0.317 e. The van der Waals surface area contributed by atoms with E-state index in [1.54, 1.807) is 13.8 Å². The number of halogens is 1. The third-order valence-electron chi connectivity index (χ3n) is 3.51. The highest BCUT2D eigenvalue weighted by atomic mass is 79.9. The number of carbonyl (C=O) groups is 2. The Labute approximate surface area is 126 Å². The van der Waals surface area contributed by atoms with Gasteiger partial charge in [-0.2, -0.15) is 0 Å². The fourth-order valence-corrected chi connectivity index (χ4v) is 2.88. The van der Waals surface area contributed by atoms with Crippen molar-refractivity contribution in [2.75, 3.05) is 13.2 Å². The van der Waals surface area contributed by atoms with Crippen LogP contribution < -0.4 is 0 Å². The molecule has 20 heavy (non-hydrogen) atoms. The van der Waals surface area contributed by atoms with Crippen molar-refractivity contribution in [3.05, 3.63) is 34.3 Å². The third kappa shape index (κ3) is 2.59. The summed E-state index contributed by atoms with van der Waals surface area (Å²) >= 11 is 3.39. The van der Waals surface area contributed by atoms with E-state index in [4.69, 9.17) is 9.47 Å². The van der Waals surface area contributed by atoms with Gasteiger partial charge in [0.2, 0.25) is 0 Å². The maximum absolute atomic E-state index is 12.3. The molecular weight excluding hydrogens is 324 g/mol. The summed E-state index contributed by atoms with van der Waals surface area (Å²) in [7, 11) is 0. The van der Waals surface area contributed by atoms with Gasteiger partial charge in [0, 0.05) is 4.47 Å². The maximum Gasteiger partial charge on any atom is 0.317 e. The molecule has 1 aromatic rings. The highest BCUT2D eigenvalue weighted by Crippen LogP contribution is 2.56.